The van der Waals surface area contributed by atoms with Crippen molar-refractivity contribution in [2.75, 3.05) is 14.2 Å². The number of nitrogens with zero attached hydrogens (tertiary/aromatic N) is 3. The summed E-state index contributed by atoms with van der Waals surface area (Å²) in [5.41, 5.74) is 4.82. The molecule has 2 aromatic rings. The summed E-state index contributed by atoms with van der Waals surface area (Å²) in [4.78, 5) is 6.78. The molecule has 18 heavy (non-hydrogen) atoms. The quantitative estimate of drug-likeness (QED) is 0.807. The van der Waals surface area contributed by atoms with E-state index in [-0.39, 0.29) is 0 Å². The molecular weight excluding hydrogens is 226 g/mol. The second-order valence-corrected chi connectivity index (χ2v) is 4.74. The number of aromatic nitrogens is 2. The van der Waals surface area contributed by atoms with Crippen molar-refractivity contribution in [3.05, 3.63) is 47.5 Å². The second-order valence-electron chi connectivity index (χ2n) is 4.74. The van der Waals surface area contributed by atoms with Gasteiger partial charge in [-0.15, -0.1) is 0 Å². The summed E-state index contributed by atoms with van der Waals surface area (Å²) < 4.78 is 7.41. The Labute approximate surface area is 107 Å². The van der Waals surface area contributed by atoms with Gasteiger partial charge in [-0.05, 0) is 18.7 Å². The van der Waals surface area contributed by atoms with Crippen LogP contribution in [0.25, 0.3) is 5.69 Å². The number of imidazole rings is 1. The molecule has 0 saturated carbocycles. The molecule has 3 rings (SSSR count). The summed E-state index contributed by atoms with van der Waals surface area (Å²) in [6.45, 7) is 2.43. The van der Waals surface area contributed by atoms with Gasteiger partial charge in [0.25, 0.3) is 0 Å². The van der Waals surface area contributed by atoms with Crippen LogP contribution in [0.4, 0.5) is 0 Å². The zero-order chi connectivity index (χ0) is 12.5. The van der Waals surface area contributed by atoms with Crippen LogP contribution in [0, 0.1) is 0 Å². The number of para-hydroxylation sites is 1. The summed E-state index contributed by atoms with van der Waals surface area (Å²) >= 11 is 0. The van der Waals surface area contributed by atoms with Crippen molar-refractivity contribution in [3.8, 4) is 5.69 Å². The molecule has 4 nitrogen and oxygen atoms in total. The maximum absolute atomic E-state index is 5.22. The third-order valence-corrected chi connectivity index (χ3v) is 3.35. The van der Waals surface area contributed by atoms with Crippen LogP contribution in [0.1, 0.15) is 17.0 Å². The lowest BCUT2D eigenvalue weighted by Gasteiger charge is -2.13. The van der Waals surface area contributed by atoms with E-state index < -0.39 is 0 Å². The molecule has 0 amide bonds. The molecule has 0 aliphatic carbocycles. The average molecular weight is 243 g/mol. The number of methoxy groups -OCH3 is 1. The molecule has 0 saturated heterocycles. The number of hydrogen-bond donors (Lipinski definition) is 0. The van der Waals surface area contributed by atoms with Crippen molar-refractivity contribution in [2.45, 2.75) is 19.7 Å². The van der Waals surface area contributed by atoms with E-state index in [4.69, 9.17) is 4.74 Å². The van der Waals surface area contributed by atoms with E-state index in [2.05, 4.69) is 45.8 Å². The highest BCUT2D eigenvalue weighted by atomic mass is 16.5. The molecular formula is C14H17N3O. The Morgan fingerprint density at radius 2 is 2.11 bits per heavy atom. The summed E-state index contributed by atoms with van der Waals surface area (Å²) in [6.07, 6.45) is 1.90. The molecule has 94 valence electrons. The minimum atomic E-state index is 0.568. The molecule has 0 radical (unpaired) electrons. The average Bonchev–Trinajstić information content (AvgIpc) is 2.68. The van der Waals surface area contributed by atoms with E-state index in [1.165, 1.54) is 16.9 Å². The third kappa shape index (κ3) is 1.83. The highest BCUT2D eigenvalue weighted by Crippen LogP contribution is 2.25. The van der Waals surface area contributed by atoms with Gasteiger partial charge in [0.05, 0.1) is 30.0 Å². The Hall–Kier alpha value is -1.65. The van der Waals surface area contributed by atoms with Crippen molar-refractivity contribution >= 4 is 0 Å². The van der Waals surface area contributed by atoms with Crippen LogP contribution in [-0.2, 0) is 24.4 Å². The van der Waals surface area contributed by atoms with E-state index in [1.54, 1.807) is 7.11 Å². The van der Waals surface area contributed by atoms with Crippen LogP contribution in [0.2, 0.25) is 0 Å². The Balaban J connectivity index is 2.16. The Morgan fingerprint density at radius 1 is 1.28 bits per heavy atom. The van der Waals surface area contributed by atoms with Gasteiger partial charge in [0.2, 0.25) is 0 Å². The summed E-state index contributed by atoms with van der Waals surface area (Å²) in [7, 11) is 3.84. The van der Waals surface area contributed by atoms with Gasteiger partial charge in [-0.1, -0.05) is 18.2 Å². The summed E-state index contributed by atoms with van der Waals surface area (Å²) in [5, 5.41) is 0. The van der Waals surface area contributed by atoms with Crippen LogP contribution >= 0.6 is 0 Å². The highest BCUT2D eigenvalue weighted by molar-refractivity contribution is 5.44. The lowest BCUT2D eigenvalue weighted by molar-refractivity contribution is 0.179. The fraction of sp³-hybridized carbons (Fsp3) is 0.357. The monoisotopic (exact) mass is 243 g/mol. The van der Waals surface area contributed by atoms with Crippen LogP contribution in [0.3, 0.4) is 0 Å². The van der Waals surface area contributed by atoms with Crippen molar-refractivity contribution < 1.29 is 4.74 Å². The zero-order valence-corrected chi connectivity index (χ0v) is 10.8. The highest BCUT2D eigenvalue weighted by Gasteiger charge is 2.20. The van der Waals surface area contributed by atoms with Gasteiger partial charge in [-0.3, -0.25) is 4.90 Å². The molecule has 0 fully saturated rings. The Kier molecular flexibility index (Phi) is 2.89. The summed E-state index contributed by atoms with van der Waals surface area (Å²) in [5.74, 6) is 0. The minimum Gasteiger partial charge on any atom is -0.378 e. The van der Waals surface area contributed by atoms with Gasteiger partial charge in [0.1, 0.15) is 0 Å². The first-order chi connectivity index (χ1) is 8.79. The molecule has 1 aliphatic heterocycles. The van der Waals surface area contributed by atoms with Gasteiger partial charge in [0.15, 0.2) is 0 Å². The second kappa shape index (κ2) is 4.55. The first-order valence-electron chi connectivity index (χ1n) is 6.10. The minimum absolute atomic E-state index is 0.568. The number of benzene rings is 1. The van der Waals surface area contributed by atoms with Gasteiger partial charge in [0, 0.05) is 20.2 Å². The van der Waals surface area contributed by atoms with Crippen LogP contribution < -0.4 is 0 Å². The molecule has 0 unspecified atom stereocenters. The predicted octanol–water partition coefficient (Wildman–Crippen LogP) is 1.96. The third-order valence-electron chi connectivity index (χ3n) is 3.35. The molecule has 0 bridgehead atoms. The number of fused-ring (bicyclic) bond motifs is 3. The fourth-order valence-corrected chi connectivity index (χ4v) is 2.52. The normalized spacial score (nSPS) is 15.0. The van der Waals surface area contributed by atoms with E-state index in [0.29, 0.717) is 6.61 Å². The predicted molar refractivity (Wildman–Crippen MR) is 69.4 cm³/mol. The van der Waals surface area contributed by atoms with Crippen molar-refractivity contribution in [1.82, 2.24) is 14.5 Å². The molecule has 0 atom stereocenters. The van der Waals surface area contributed by atoms with Crippen LogP contribution in [0.5, 0.6) is 0 Å². The standard InChI is InChI=1S/C14H17N3O/c1-16-7-11-5-3-4-6-13(11)17-10-15-12(9-18-2)14(17)8-16/h3-6,10H,7-9H2,1-2H3. The lowest BCUT2D eigenvalue weighted by atomic mass is 10.2. The topological polar surface area (TPSA) is 30.3 Å². The maximum atomic E-state index is 5.22. The molecule has 1 aromatic carbocycles. The smallest absolute Gasteiger partial charge is 0.0999 e. The van der Waals surface area contributed by atoms with E-state index >= 15 is 0 Å². The van der Waals surface area contributed by atoms with Crippen molar-refractivity contribution in [3.63, 3.8) is 0 Å². The van der Waals surface area contributed by atoms with Gasteiger partial charge < -0.3 is 9.30 Å². The fourth-order valence-electron chi connectivity index (χ4n) is 2.52. The van der Waals surface area contributed by atoms with E-state index in [1.807, 2.05) is 6.33 Å². The number of rotatable bonds is 2. The number of hydrogen-bond acceptors (Lipinski definition) is 3. The number of ether oxygens (including phenoxy) is 1. The zero-order valence-electron chi connectivity index (χ0n) is 10.8. The maximum Gasteiger partial charge on any atom is 0.0999 e. The van der Waals surface area contributed by atoms with E-state index in [9.17, 15) is 0 Å². The summed E-state index contributed by atoms with van der Waals surface area (Å²) in [6, 6.07) is 8.49. The largest absolute Gasteiger partial charge is 0.378 e. The Morgan fingerprint density at radius 3 is 2.94 bits per heavy atom. The SMILES string of the molecule is COCc1ncn2c1CN(C)Cc1ccccc1-2. The molecule has 1 aliphatic rings. The van der Waals surface area contributed by atoms with Gasteiger partial charge in [-0.2, -0.15) is 0 Å². The molecule has 0 N–H and O–H groups in total. The van der Waals surface area contributed by atoms with Crippen molar-refractivity contribution in [1.29, 1.82) is 0 Å². The van der Waals surface area contributed by atoms with Crippen LogP contribution in [-0.4, -0.2) is 28.6 Å². The Bertz CT molecular complexity index is 562. The molecule has 0 spiro atoms. The first-order valence-corrected chi connectivity index (χ1v) is 6.10. The molecule has 2 heterocycles. The van der Waals surface area contributed by atoms with E-state index in [0.717, 1.165) is 18.8 Å². The van der Waals surface area contributed by atoms with Crippen molar-refractivity contribution in [2.24, 2.45) is 0 Å². The first kappa shape index (κ1) is 11.4. The molecule has 4 heteroatoms. The van der Waals surface area contributed by atoms with Gasteiger partial charge >= 0.3 is 0 Å². The van der Waals surface area contributed by atoms with Crippen LogP contribution in [0.15, 0.2) is 30.6 Å². The lowest BCUT2D eigenvalue weighted by Crippen LogP contribution is -2.16. The molecule has 1 aromatic heterocycles. The van der Waals surface area contributed by atoms with Gasteiger partial charge in [-0.25, -0.2) is 4.98 Å².